The minimum Gasteiger partial charge on any atom is -0.339 e. The van der Waals surface area contributed by atoms with E-state index in [1.54, 1.807) is 6.08 Å². The summed E-state index contributed by atoms with van der Waals surface area (Å²) in [6.45, 7) is 2.69. The smallest absolute Gasteiger partial charge is 0.246 e. The lowest BCUT2D eigenvalue weighted by molar-refractivity contribution is -0.125. The second-order valence-electron chi connectivity index (χ2n) is 4.88. The van der Waals surface area contributed by atoms with Crippen LogP contribution in [0, 0.1) is 5.92 Å². The molecule has 1 heterocycles. The van der Waals surface area contributed by atoms with E-state index in [2.05, 4.69) is 5.32 Å². The van der Waals surface area contributed by atoms with Crippen LogP contribution in [0.25, 0.3) is 6.08 Å². The van der Waals surface area contributed by atoms with Gasteiger partial charge in [-0.15, -0.1) is 0 Å². The summed E-state index contributed by atoms with van der Waals surface area (Å²) < 4.78 is 0. The molecule has 1 aliphatic heterocycles. The van der Waals surface area contributed by atoms with Crippen LogP contribution in [0.5, 0.6) is 0 Å². The maximum absolute atomic E-state index is 12.0. The van der Waals surface area contributed by atoms with E-state index in [0.29, 0.717) is 10.9 Å². The molecule has 0 aromatic heterocycles. The molecule has 1 aromatic carbocycles. The zero-order valence-electron chi connectivity index (χ0n) is 11.1. The van der Waals surface area contributed by atoms with Gasteiger partial charge >= 0.3 is 0 Å². The largest absolute Gasteiger partial charge is 0.339 e. The molecular weight excluding hydrogens is 260 g/mol. The summed E-state index contributed by atoms with van der Waals surface area (Å²) in [7, 11) is 1.95. The fraction of sp³-hybridized carbons (Fsp3) is 0.400. The van der Waals surface area contributed by atoms with Crippen LogP contribution in [0.3, 0.4) is 0 Å². The number of carbonyl (C=O) groups excluding carboxylic acids is 1. The third kappa shape index (κ3) is 4.08. The quantitative estimate of drug-likeness (QED) is 0.858. The van der Waals surface area contributed by atoms with Gasteiger partial charge in [-0.05, 0) is 49.7 Å². The molecule has 0 unspecified atom stereocenters. The molecule has 1 atom stereocenters. The summed E-state index contributed by atoms with van der Waals surface area (Å²) in [6.07, 6.45) is 4.57. The Morgan fingerprint density at radius 1 is 1.47 bits per heavy atom. The highest BCUT2D eigenvalue weighted by atomic mass is 35.5. The summed E-state index contributed by atoms with van der Waals surface area (Å²) in [5, 5.41) is 3.87. The van der Waals surface area contributed by atoms with Gasteiger partial charge in [0.05, 0.1) is 0 Å². The lowest BCUT2D eigenvalue weighted by Crippen LogP contribution is -2.28. The molecule has 1 N–H and O–H groups in total. The van der Waals surface area contributed by atoms with Crippen LogP contribution in [0.15, 0.2) is 30.3 Å². The summed E-state index contributed by atoms with van der Waals surface area (Å²) >= 11 is 5.82. The number of rotatable bonds is 4. The molecule has 1 amide bonds. The molecule has 1 aromatic rings. The number of nitrogens with one attached hydrogen (secondary N) is 1. The van der Waals surface area contributed by atoms with Gasteiger partial charge in [-0.3, -0.25) is 4.79 Å². The van der Waals surface area contributed by atoms with E-state index < -0.39 is 0 Å². The Balaban J connectivity index is 1.89. The SMILES string of the molecule is CNC[C@@H]1CCN(C(=O)/C=C/c2ccc(Cl)cc2)C1. The number of benzene rings is 1. The fourth-order valence-corrected chi connectivity index (χ4v) is 2.46. The second kappa shape index (κ2) is 6.73. The Labute approximate surface area is 119 Å². The van der Waals surface area contributed by atoms with Gasteiger partial charge in [-0.25, -0.2) is 0 Å². The Morgan fingerprint density at radius 2 is 2.21 bits per heavy atom. The number of amides is 1. The Hall–Kier alpha value is -1.32. The van der Waals surface area contributed by atoms with Crippen LogP contribution in [0.2, 0.25) is 5.02 Å². The average molecular weight is 279 g/mol. The van der Waals surface area contributed by atoms with Crippen molar-refractivity contribution in [3.63, 3.8) is 0 Å². The van der Waals surface area contributed by atoms with Gasteiger partial charge in [0, 0.05) is 24.2 Å². The van der Waals surface area contributed by atoms with Gasteiger partial charge in [0.25, 0.3) is 0 Å². The minimum absolute atomic E-state index is 0.0913. The number of likely N-dealkylation sites (tertiary alicyclic amines) is 1. The van der Waals surface area contributed by atoms with Crippen LogP contribution < -0.4 is 5.32 Å². The van der Waals surface area contributed by atoms with Gasteiger partial charge in [0.2, 0.25) is 5.91 Å². The molecule has 1 aliphatic rings. The molecule has 3 nitrogen and oxygen atoms in total. The molecule has 0 radical (unpaired) electrons. The van der Waals surface area contributed by atoms with Crippen LogP contribution in [0.1, 0.15) is 12.0 Å². The summed E-state index contributed by atoms with van der Waals surface area (Å²) in [5.74, 6) is 0.673. The van der Waals surface area contributed by atoms with Crippen LogP contribution in [0.4, 0.5) is 0 Å². The fourth-order valence-electron chi connectivity index (χ4n) is 2.33. The van der Waals surface area contributed by atoms with Crippen molar-refractivity contribution >= 4 is 23.6 Å². The topological polar surface area (TPSA) is 32.3 Å². The van der Waals surface area contributed by atoms with E-state index in [0.717, 1.165) is 31.6 Å². The number of halogens is 1. The molecule has 0 bridgehead atoms. The summed E-state index contributed by atoms with van der Waals surface area (Å²) in [4.78, 5) is 13.9. The maximum atomic E-state index is 12.0. The van der Waals surface area contributed by atoms with E-state index in [-0.39, 0.29) is 5.91 Å². The van der Waals surface area contributed by atoms with Crippen molar-refractivity contribution in [2.75, 3.05) is 26.7 Å². The van der Waals surface area contributed by atoms with Crippen molar-refractivity contribution in [2.24, 2.45) is 5.92 Å². The molecule has 1 fully saturated rings. The number of hydrogen-bond acceptors (Lipinski definition) is 2. The first kappa shape index (κ1) is 14.1. The number of nitrogens with zero attached hydrogens (tertiary/aromatic N) is 1. The first-order valence-electron chi connectivity index (χ1n) is 6.56. The standard InChI is InChI=1S/C15H19ClN2O/c1-17-10-13-8-9-18(11-13)15(19)7-4-12-2-5-14(16)6-3-12/h2-7,13,17H,8-11H2,1H3/b7-4+/t13-/m0/s1. The molecule has 102 valence electrons. The first-order valence-corrected chi connectivity index (χ1v) is 6.94. The van der Waals surface area contributed by atoms with E-state index in [1.165, 1.54) is 0 Å². The summed E-state index contributed by atoms with van der Waals surface area (Å²) in [5.41, 5.74) is 0.990. The van der Waals surface area contributed by atoms with Crippen LogP contribution >= 0.6 is 11.6 Å². The van der Waals surface area contributed by atoms with Gasteiger partial charge < -0.3 is 10.2 Å². The normalized spacial score (nSPS) is 19.3. The molecule has 0 saturated carbocycles. The van der Waals surface area contributed by atoms with Crippen molar-refractivity contribution in [1.82, 2.24) is 10.2 Å². The van der Waals surface area contributed by atoms with E-state index in [9.17, 15) is 4.79 Å². The lowest BCUT2D eigenvalue weighted by atomic mass is 10.1. The molecule has 2 rings (SSSR count). The molecular formula is C15H19ClN2O. The van der Waals surface area contributed by atoms with E-state index >= 15 is 0 Å². The lowest BCUT2D eigenvalue weighted by Gasteiger charge is -2.14. The predicted molar refractivity (Wildman–Crippen MR) is 79.1 cm³/mol. The Kier molecular flexibility index (Phi) is 5.00. The third-order valence-electron chi connectivity index (χ3n) is 3.38. The van der Waals surface area contributed by atoms with Gasteiger partial charge in [-0.1, -0.05) is 23.7 Å². The predicted octanol–water partition coefficient (Wildman–Crippen LogP) is 2.42. The van der Waals surface area contributed by atoms with Crippen molar-refractivity contribution < 1.29 is 4.79 Å². The summed E-state index contributed by atoms with van der Waals surface area (Å²) in [6, 6.07) is 7.45. The highest BCUT2D eigenvalue weighted by Gasteiger charge is 2.24. The molecule has 0 aliphatic carbocycles. The number of carbonyl (C=O) groups is 1. The molecule has 1 saturated heterocycles. The van der Waals surface area contributed by atoms with Gasteiger partial charge in [0.1, 0.15) is 0 Å². The monoisotopic (exact) mass is 278 g/mol. The van der Waals surface area contributed by atoms with Crippen molar-refractivity contribution in [1.29, 1.82) is 0 Å². The highest BCUT2D eigenvalue weighted by molar-refractivity contribution is 6.30. The van der Waals surface area contributed by atoms with Crippen LogP contribution in [-0.4, -0.2) is 37.5 Å². The molecule has 0 spiro atoms. The Morgan fingerprint density at radius 3 is 2.89 bits per heavy atom. The van der Waals surface area contributed by atoms with Crippen LogP contribution in [-0.2, 0) is 4.79 Å². The third-order valence-corrected chi connectivity index (χ3v) is 3.63. The van der Waals surface area contributed by atoms with E-state index in [4.69, 9.17) is 11.6 Å². The average Bonchev–Trinajstić information content (AvgIpc) is 2.87. The van der Waals surface area contributed by atoms with Gasteiger partial charge in [-0.2, -0.15) is 0 Å². The van der Waals surface area contributed by atoms with Crippen molar-refractivity contribution in [3.8, 4) is 0 Å². The zero-order chi connectivity index (χ0) is 13.7. The highest BCUT2D eigenvalue weighted by Crippen LogP contribution is 2.16. The van der Waals surface area contributed by atoms with E-state index in [1.807, 2.05) is 42.3 Å². The second-order valence-corrected chi connectivity index (χ2v) is 5.32. The molecule has 4 heteroatoms. The zero-order valence-corrected chi connectivity index (χ0v) is 11.9. The van der Waals surface area contributed by atoms with Crippen molar-refractivity contribution in [2.45, 2.75) is 6.42 Å². The first-order chi connectivity index (χ1) is 9.19. The maximum Gasteiger partial charge on any atom is 0.246 e. The van der Waals surface area contributed by atoms with Gasteiger partial charge in [0.15, 0.2) is 0 Å². The van der Waals surface area contributed by atoms with Crippen molar-refractivity contribution in [3.05, 3.63) is 40.9 Å². The Bertz CT molecular complexity index is 456. The number of hydrogen-bond donors (Lipinski definition) is 1. The minimum atomic E-state index is 0.0913. The molecule has 19 heavy (non-hydrogen) atoms.